The van der Waals surface area contributed by atoms with E-state index in [1.54, 1.807) is 24.3 Å². The second kappa shape index (κ2) is 10.4. The third-order valence-corrected chi connectivity index (χ3v) is 6.28. The molecule has 5 rings (SSSR count). The van der Waals surface area contributed by atoms with Crippen LogP contribution in [-0.4, -0.2) is 42.0 Å². The molecule has 8 nitrogen and oxygen atoms in total. The van der Waals surface area contributed by atoms with Gasteiger partial charge in [0, 0.05) is 30.1 Å². The van der Waals surface area contributed by atoms with Crippen LogP contribution in [-0.2, 0) is 22.4 Å². The van der Waals surface area contributed by atoms with E-state index in [-0.39, 0.29) is 18.4 Å². The van der Waals surface area contributed by atoms with Crippen LogP contribution in [0.25, 0.3) is 10.9 Å². The quantitative estimate of drug-likeness (QED) is 0.324. The van der Waals surface area contributed by atoms with Crippen LogP contribution in [0.3, 0.4) is 0 Å². The first-order chi connectivity index (χ1) is 17.6. The summed E-state index contributed by atoms with van der Waals surface area (Å²) in [6, 6.07) is 23.4. The SMILES string of the molecule is O=C1CN(C(=O)N[C@H](Cc2ccccc2)C(=O)NCCc2c[nH]c3ccccc23)c2ccccc2N1. The minimum Gasteiger partial charge on any atom is -0.361 e. The second-order valence-corrected chi connectivity index (χ2v) is 8.74. The average molecular weight is 482 g/mol. The first kappa shape index (κ1) is 23.2. The Kier molecular flexibility index (Phi) is 6.66. The van der Waals surface area contributed by atoms with Crippen molar-refractivity contribution in [1.82, 2.24) is 15.6 Å². The topological polar surface area (TPSA) is 106 Å². The number of nitrogens with one attached hydrogen (secondary N) is 4. The third kappa shape index (κ3) is 5.07. The normalized spacial score (nSPS) is 13.6. The van der Waals surface area contributed by atoms with E-state index in [2.05, 4.69) is 20.9 Å². The van der Waals surface area contributed by atoms with E-state index in [1.165, 1.54) is 4.90 Å². The fourth-order valence-electron chi connectivity index (χ4n) is 4.48. The van der Waals surface area contributed by atoms with Gasteiger partial charge in [-0.25, -0.2) is 4.79 Å². The number of H-pyrrole nitrogens is 1. The number of carbonyl (C=O) groups excluding carboxylic acids is 3. The summed E-state index contributed by atoms with van der Waals surface area (Å²) in [6.07, 6.45) is 2.94. The summed E-state index contributed by atoms with van der Waals surface area (Å²) >= 11 is 0. The lowest BCUT2D eigenvalue weighted by Crippen LogP contribution is -2.54. The highest BCUT2D eigenvalue weighted by molar-refractivity contribution is 6.10. The smallest absolute Gasteiger partial charge is 0.323 e. The van der Waals surface area contributed by atoms with E-state index in [0.717, 1.165) is 22.0 Å². The van der Waals surface area contributed by atoms with Gasteiger partial charge in [-0.1, -0.05) is 60.7 Å². The predicted molar refractivity (Wildman–Crippen MR) is 140 cm³/mol. The maximum Gasteiger partial charge on any atom is 0.323 e. The molecule has 36 heavy (non-hydrogen) atoms. The summed E-state index contributed by atoms with van der Waals surface area (Å²) in [7, 11) is 0. The Morgan fingerprint density at radius 1 is 0.944 bits per heavy atom. The maximum atomic E-state index is 13.3. The predicted octanol–water partition coefficient (Wildman–Crippen LogP) is 3.61. The number of hydrogen-bond acceptors (Lipinski definition) is 3. The zero-order valence-corrected chi connectivity index (χ0v) is 19.7. The monoisotopic (exact) mass is 481 g/mol. The number of amides is 4. The number of fused-ring (bicyclic) bond motifs is 2. The standard InChI is InChI=1S/C28H27N5O3/c34-26-18-33(25-13-7-6-12-23(25)31-26)28(36)32-24(16-19-8-2-1-3-9-19)27(35)29-15-14-20-17-30-22-11-5-4-10-21(20)22/h1-13,17,24,30H,14-16,18H2,(H,29,35)(H,31,34)(H,32,36)/t24-/m1/s1. The van der Waals surface area contributed by atoms with Gasteiger partial charge in [0.05, 0.1) is 11.4 Å². The van der Waals surface area contributed by atoms with Crippen molar-refractivity contribution in [2.45, 2.75) is 18.9 Å². The summed E-state index contributed by atoms with van der Waals surface area (Å²) in [5, 5.41) is 9.74. The van der Waals surface area contributed by atoms with Gasteiger partial charge in [0.25, 0.3) is 0 Å². The number of aromatic amines is 1. The van der Waals surface area contributed by atoms with Gasteiger partial charge in [-0.3, -0.25) is 14.5 Å². The van der Waals surface area contributed by atoms with E-state index in [9.17, 15) is 14.4 Å². The molecule has 0 bridgehead atoms. The Hall–Kier alpha value is -4.59. The molecule has 0 unspecified atom stereocenters. The number of para-hydroxylation sites is 3. The van der Waals surface area contributed by atoms with Gasteiger partial charge in [-0.2, -0.15) is 0 Å². The first-order valence-electron chi connectivity index (χ1n) is 11.9. The molecule has 0 fully saturated rings. The molecule has 4 amide bonds. The molecule has 4 N–H and O–H groups in total. The molecule has 0 spiro atoms. The lowest BCUT2D eigenvalue weighted by Gasteiger charge is -2.30. The number of carbonyl (C=O) groups is 3. The van der Waals surface area contributed by atoms with Crippen molar-refractivity contribution in [3.05, 3.63) is 96.2 Å². The van der Waals surface area contributed by atoms with Gasteiger partial charge in [-0.05, 0) is 35.7 Å². The molecule has 0 saturated carbocycles. The van der Waals surface area contributed by atoms with E-state index >= 15 is 0 Å². The van der Waals surface area contributed by atoms with E-state index in [1.807, 2.05) is 60.8 Å². The number of nitrogens with zero attached hydrogens (tertiary/aromatic N) is 1. The zero-order valence-electron chi connectivity index (χ0n) is 19.7. The highest BCUT2D eigenvalue weighted by Gasteiger charge is 2.30. The molecule has 182 valence electrons. The fraction of sp³-hybridized carbons (Fsp3) is 0.179. The van der Waals surface area contributed by atoms with E-state index < -0.39 is 12.1 Å². The molecule has 0 saturated heterocycles. The van der Waals surface area contributed by atoms with Crippen molar-refractivity contribution >= 4 is 40.1 Å². The molecule has 4 aromatic rings. The second-order valence-electron chi connectivity index (χ2n) is 8.74. The average Bonchev–Trinajstić information content (AvgIpc) is 3.31. The summed E-state index contributed by atoms with van der Waals surface area (Å²) in [6.45, 7) is 0.305. The van der Waals surface area contributed by atoms with Gasteiger partial charge in [0.1, 0.15) is 12.6 Å². The molecule has 0 radical (unpaired) electrons. The molecule has 8 heteroatoms. The molecule has 0 aliphatic carbocycles. The summed E-state index contributed by atoms with van der Waals surface area (Å²) < 4.78 is 0. The van der Waals surface area contributed by atoms with Crippen LogP contribution >= 0.6 is 0 Å². The van der Waals surface area contributed by atoms with Crippen LogP contribution < -0.4 is 20.9 Å². The van der Waals surface area contributed by atoms with Gasteiger partial charge >= 0.3 is 6.03 Å². The first-order valence-corrected chi connectivity index (χ1v) is 11.9. The number of rotatable bonds is 7. The highest BCUT2D eigenvalue weighted by Crippen LogP contribution is 2.28. The molecule has 3 aromatic carbocycles. The molecular formula is C28H27N5O3. The Morgan fingerprint density at radius 3 is 2.56 bits per heavy atom. The number of anilines is 2. The fourth-order valence-corrected chi connectivity index (χ4v) is 4.48. The largest absolute Gasteiger partial charge is 0.361 e. The summed E-state index contributed by atoms with van der Waals surface area (Å²) in [5.74, 6) is -0.562. The van der Waals surface area contributed by atoms with Crippen LogP contribution in [0.5, 0.6) is 0 Å². The lowest BCUT2D eigenvalue weighted by atomic mass is 10.0. The maximum absolute atomic E-state index is 13.3. The third-order valence-electron chi connectivity index (χ3n) is 6.28. The lowest BCUT2D eigenvalue weighted by molar-refractivity contribution is -0.122. The Morgan fingerprint density at radius 2 is 1.69 bits per heavy atom. The Bertz CT molecular complexity index is 1400. The van der Waals surface area contributed by atoms with Crippen LogP contribution in [0.15, 0.2) is 85.1 Å². The number of hydrogen-bond donors (Lipinski definition) is 4. The van der Waals surface area contributed by atoms with Crippen molar-refractivity contribution in [1.29, 1.82) is 0 Å². The van der Waals surface area contributed by atoms with Crippen molar-refractivity contribution in [3.63, 3.8) is 0 Å². The number of urea groups is 1. The minimum absolute atomic E-state index is 0.122. The number of benzene rings is 3. The molecule has 1 aliphatic rings. The van der Waals surface area contributed by atoms with E-state index in [4.69, 9.17) is 0 Å². The molecule has 1 aliphatic heterocycles. The Labute approximate surface area is 208 Å². The van der Waals surface area contributed by atoms with Crippen molar-refractivity contribution < 1.29 is 14.4 Å². The van der Waals surface area contributed by atoms with Gasteiger partial charge in [-0.15, -0.1) is 0 Å². The minimum atomic E-state index is -0.806. The van der Waals surface area contributed by atoms with Gasteiger partial charge in [0.2, 0.25) is 11.8 Å². The van der Waals surface area contributed by atoms with Crippen molar-refractivity contribution in [2.75, 3.05) is 23.3 Å². The molecular weight excluding hydrogens is 454 g/mol. The van der Waals surface area contributed by atoms with Crippen LogP contribution in [0.1, 0.15) is 11.1 Å². The molecule has 1 aromatic heterocycles. The van der Waals surface area contributed by atoms with Gasteiger partial charge < -0.3 is 20.9 Å². The highest BCUT2D eigenvalue weighted by atomic mass is 16.2. The summed E-state index contributed by atoms with van der Waals surface area (Å²) in [4.78, 5) is 43.3. The van der Waals surface area contributed by atoms with Crippen LogP contribution in [0.2, 0.25) is 0 Å². The van der Waals surface area contributed by atoms with Crippen molar-refractivity contribution in [2.24, 2.45) is 0 Å². The van der Waals surface area contributed by atoms with Gasteiger partial charge in [0.15, 0.2) is 0 Å². The zero-order chi connectivity index (χ0) is 24.9. The van der Waals surface area contributed by atoms with Crippen LogP contribution in [0.4, 0.5) is 16.2 Å². The number of aromatic nitrogens is 1. The van der Waals surface area contributed by atoms with Crippen molar-refractivity contribution in [3.8, 4) is 0 Å². The molecule has 2 heterocycles. The van der Waals surface area contributed by atoms with E-state index in [0.29, 0.717) is 30.8 Å². The van der Waals surface area contributed by atoms with Crippen LogP contribution in [0, 0.1) is 0 Å². The molecule has 1 atom stereocenters. The summed E-state index contributed by atoms with van der Waals surface area (Å²) in [5.41, 5.74) is 4.25. The Balaban J connectivity index is 1.29.